The molecule has 0 spiro atoms. The lowest BCUT2D eigenvalue weighted by molar-refractivity contribution is -0.123. The van der Waals surface area contributed by atoms with Crippen molar-refractivity contribution in [1.29, 1.82) is 0 Å². The average Bonchev–Trinajstić information content (AvgIpc) is 2.45. The number of nitrogens with one attached hydrogen (secondary N) is 1. The van der Waals surface area contributed by atoms with E-state index in [1.165, 1.54) is 0 Å². The summed E-state index contributed by atoms with van der Waals surface area (Å²) in [6.45, 7) is 0.661. The van der Waals surface area contributed by atoms with E-state index in [-0.39, 0.29) is 6.42 Å². The summed E-state index contributed by atoms with van der Waals surface area (Å²) in [5.41, 5.74) is 5.77. The van der Waals surface area contributed by atoms with E-state index in [0.717, 1.165) is 5.56 Å². The Balaban J connectivity index is 2.21. The summed E-state index contributed by atoms with van der Waals surface area (Å²) in [6.07, 6.45) is 0.551. The first kappa shape index (κ1) is 17.7. The van der Waals surface area contributed by atoms with Gasteiger partial charge >= 0.3 is 0 Å². The van der Waals surface area contributed by atoms with Crippen LogP contribution in [0.15, 0.2) is 18.2 Å². The quantitative estimate of drug-likeness (QED) is 0.723. The fourth-order valence-electron chi connectivity index (χ4n) is 1.52. The van der Waals surface area contributed by atoms with Crippen LogP contribution in [0.1, 0.15) is 18.4 Å². The SMILES string of the molecule is Cc1cc(OCCCC(=O)NCC(F)(F)CN)ccc1Cl. The molecular formula is C14H19ClF2N2O2. The predicted molar refractivity (Wildman–Crippen MR) is 77.9 cm³/mol. The number of halogens is 3. The Morgan fingerprint density at radius 1 is 1.48 bits per heavy atom. The zero-order chi connectivity index (χ0) is 15.9. The Hall–Kier alpha value is -1.40. The van der Waals surface area contributed by atoms with Gasteiger partial charge in [-0.25, -0.2) is 8.78 Å². The zero-order valence-electron chi connectivity index (χ0n) is 11.8. The van der Waals surface area contributed by atoms with Gasteiger partial charge in [-0.1, -0.05) is 11.6 Å². The molecule has 0 bridgehead atoms. The number of hydrogen-bond acceptors (Lipinski definition) is 3. The molecule has 0 saturated carbocycles. The van der Waals surface area contributed by atoms with E-state index in [1.54, 1.807) is 18.2 Å². The van der Waals surface area contributed by atoms with Gasteiger partial charge in [-0.3, -0.25) is 4.79 Å². The van der Waals surface area contributed by atoms with Gasteiger partial charge < -0.3 is 15.8 Å². The molecule has 118 valence electrons. The Morgan fingerprint density at radius 3 is 2.81 bits per heavy atom. The topological polar surface area (TPSA) is 64.3 Å². The maximum atomic E-state index is 12.8. The molecule has 1 aromatic rings. The van der Waals surface area contributed by atoms with Crippen LogP contribution in [0.25, 0.3) is 0 Å². The fraction of sp³-hybridized carbons (Fsp3) is 0.500. The summed E-state index contributed by atoms with van der Waals surface area (Å²) in [5.74, 6) is -2.85. The second-order valence-corrected chi connectivity index (χ2v) is 5.11. The lowest BCUT2D eigenvalue weighted by Crippen LogP contribution is -2.41. The minimum absolute atomic E-state index is 0.118. The average molecular weight is 321 g/mol. The number of ether oxygens (including phenoxy) is 1. The predicted octanol–water partition coefficient (Wildman–Crippen LogP) is 2.52. The fourth-order valence-corrected chi connectivity index (χ4v) is 1.64. The molecule has 0 saturated heterocycles. The lowest BCUT2D eigenvalue weighted by Gasteiger charge is -2.14. The van der Waals surface area contributed by atoms with Gasteiger partial charge in [0.25, 0.3) is 5.92 Å². The van der Waals surface area contributed by atoms with Crippen LogP contribution in [0.5, 0.6) is 5.75 Å². The van der Waals surface area contributed by atoms with Gasteiger partial charge in [0.15, 0.2) is 0 Å². The van der Waals surface area contributed by atoms with Crippen LogP contribution in [0, 0.1) is 6.92 Å². The number of benzene rings is 1. The molecule has 0 aliphatic rings. The minimum atomic E-state index is -3.06. The number of alkyl halides is 2. The summed E-state index contributed by atoms with van der Waals surface area (Å²) in [6, 6.07) is 5.26. The van der Waals surface area contributed by atoms with Crippen LogP contribution in [0.4, 0.5) is 8.78 Å². The normalized spacial score (nSPS) is 11.3. The first-order valence-electron chi connectivity index (χ1n) is 6.57. The van der Waals surface area contributed by atoms with Crippen LogP contribution in [-0.2, 0) is 4.79 Å². The van der Waals surface area contributed by atoms with Crippen molar-refractivity contribution in [3.8, 4) is 5.75 Å². The molecule has 0 unspecified atom stereocenters. The smallest absolute Gasteiger partial charge is 0.277 e. The molecule has 0 heterocycles. The summed E-state index contributed by atoms with van der Waals surface area (Å²) in [7, 11) is 0. The van der Waals surface area contributed by atoms with Crippen molar-refractivity contribution in [2.45, 2.75) is 25.7 Å². The Morgan fingerprint density at radius 2 is 2.19 bits per heavy atom. The van der Waals surface area contributed by atoms with E-state index in [9.17, 15) is 13.6 Å². The largest absolute Gasteiger partial charge is 0.494 e. The van der Waals surface area contributed by atoms with Gasteiger partial charge in [0, 0.05) is 11.4 Å². The van der Waals surface area contributed by atoms with Crippen molar-refractivity contribution in [3.05, 3.63) is 28.8 Å². The first-order chi connectivity index (χ1) is 9.84. The lowest BCUT2D eigenvalue weighted by atomic mass is 10.2. The van der Waals surface area contributed by atoms with Crippen molar-refractivity contribution in [2.75, 3.05) is 19.7 Å². The van der Waals surface area contributed by atoms with E-state index in [4.69, 9.17) is 22.1 Å². The maximum absolute atomic E-state index is 12.8. The molecule has 3 N–H and O–H groups in total. The van der Waals surface area contributed by atoms with Crippen molar-refractivity contribution in [1.82, 2.24) is 5.32 Å². The standard InChI is InChI=1S/C14H19ClF2N2O2/c1-10-7-11(4-5-12(10)15)21-6-2-3-13(20)19-9-14(16,17)8-18/h4-5,7H,2-3,6,8-9,18H2,1H3,(H,19,20). The number of rotatable bonds is 8. The Bertz CT molecular complexity index is 484. The van der Waals surface area contributed by atoms with Crippen LogP contribution >= 0.6 is 11.6 Å². The van der Waals surface area contributed by atoms with E-state index < -0.39 is 24.9 Å². The van der Waals surface area contributed by atoms with Gasteiger partial charge in [-0.2, -0.15) is 0 Å². The third-order valence-corrected chi connectivity index (χ3v) is 3.21. The summed E-state index contributed by atoms with van der Waals surface area (Å²) in [5, 5.41) is 2.80. The van der Waals surface area contributed by atoms with Crippen molar-refractivity contribution >= 4 is 17.5 Å². The van der Waals surface area contributed by atoms with Crippen molar-refractivity contribution in [3.63, 3.8) is 0 Å². The summed E-state index contributed by atoms with van der Waals surface area (Å²) >= 11 is 5.89. The van der Waals surface area contributed by atoms with Gasteiger partial charge in [-0.05, 0) is 37.1 Å². The van der Waals surface area contributed by atoms with E-state index in [0.29, 0.717) is 23.8 Å². The molecule has 0 aliphatic heterocycles. The van der Waals surface area contributed by atoms with Crippen molar-refractivity contribution in [2.24, 2.45) is 5.73 Å². The number of carbonyl (C=O) groups excluding carboxylic acids is 1. The number of aryl methyl sites for hydroxylation is 1. The molecule has 0 aromatic heterocycles. The van der Waals surface area contributed by atoms with E-state index in [2.05, 4.69) is 5.32 Å². The number of amides is 1. The molecule has 1 rings (SSSR count). The third kappa shape index (κ3) is 6.73. The number of hydrogen-bond donors (Lipinski definition) is 2. The highest BCUT2D eigenvalue weighted by Gasteiger charge is 2.26. The molecule has 1 aromatic carbocycles. The number of carbonyl (C=O) groups is 1. The Kier molecular flexibility index (Phi) is 6.84. The third-order valence-electron chi connectivity index (χ3n) is 2.79. The molecule has 1 amide bonds. The second kappa shape index (κ2) is 8.14. The number of nitrogens with two attached hydrogens (primary N) is 1. The van der Waals surface area contributed by atoms with Gasteiger partial charge in [0.1, 0.15) is 5.75 Å². The summed E-state index contributed by atoms with van der Waals surface area (Å²) in [4.78, 5) is 11.4. The molecule has 4 nitrogen and oxygen atoms in total. The first-order valence-corrected chi connectivity index (χ1v) is 6.95. The molecule has 7 heteroatoms. The van der Waals surface area contributed by atoms with Gasteiger partial charge in [0.05, 0.1) is 19.7 Å². The maximum Gasteiger partial charge on any atom is 0.277 e. The highest BCUT2D eigenvalue weighted by atomic mass is 35.5. The Labute approximate surface area is 127 Å². The van der Waals surface area contributed by atoms with Crippen LogP contribution in [-0.4, -0.2) is 31.5 Å². The van der Waals surface area contributed by atoms with Gasteiger partial charge in [0.2, 0.25) is 5.91 Å². The van der Waals surface area contributed by atoms with Gasteiger partial charge in [-0.15, -0.1) is 0 Å². The second-order valence-electron chi connectivity index (χ2n) is 4.70. The minimum Gasteiger partial charge on any atom is -0.494 e. The summed E-state index contributed by atoms with van der Waals surface area (Å²) < 4.78 is 31.1. The van der Waals surface area contributed by atoms with Crippen LogP contribution < -0.4 is 15.8 Å². The molecule has 0 aliphatic carbocycles. The highest BCUT2D eigenvalue weighted by molar-refractivity contribution is 6.31. The van der Waals surface area contributed by atoms with E-state index in [1.807, 2.05) is 6.92 Å². The molecule has 21 heavy (non-hydrogen) atoms. The highest BCUT2D eigenvalue weighted by Crippen LogP contribution is 2.21. The molecular weight excluding hydrogens is 302 g/mol. The molecule has 0 radical (unpaired) electrons. The van der Waals surface area contributed by atoms with Crippen LogP contribution in [0.2, 0.25) is 5.02 Å². The molecule has 0 fully saturated rings. The zero-order valence-corrected chi connectivity index (χ0v) is 12.6. The monoisotopic (exact) mass is 320 g/mol. The molecule has 0 atom stereocenters. The van der Waals surface area contributed by atoms with Crippen molar-refractivity contribution < 1.29 is 18.3 Å². The van der Waals surface area contributed by atoms with Crippen LogP contribution in [0.3, 0.4) is 0 Å². The van der Waals surface area contributed by atoms with E-state index >= 15 is 0 Å².